The summed E-state index contributed by atoms with van der Waals surface area (Å²) in [7, 11) is 0. The van der Waals surface area contributed by atoms with Crippen LogP contribution in [0.1, 0.15) is 29.1 Å². The normalized spacial score (nSPS) is 13.0. The fourth-order valence-electron chi connectivity index (χ4n) is 2.65. The monoisotopic (exact) mass is 410 g/mol. The molecule has 148 valence electrons. The zero-order valence-corrected chi connectivity index (χ0v) is 16.1. The first-order valence-corrected chi connectivity index (χ1v) is 9.95. The molecule has 4 rings (SSSR count). The van der Waals surface area contributed by atoms with Gasteiger partial charge in [-0.05, 0) is 43.2 Å². The van der Waals surface area contributed by atoms with Gasteiger partial charge in [-0.2, -0.15) is 0 Å². The SMILES string of the molecule is O=C(Cc1csc(NC(=O)c2ccco2)n1)Nc1cccc(NC(=O)C2CC2)c1. The topological polar surface area (TPSA) is 113 Å². The zero-order valence-electron chi connectivity index (χ0n) is 15.3. The van der Waals surface area contributed by atoms with Crippen molar-refractivity contribution in [2.24, 2.45) is 5.92 Å². The predicted molar refractivity (Wildman–Crippen MR) is 109 cm³/mol. The van der Waals surface area contributed by atoms with Crippen molar-refractivity contribution in [2.75, 3.05) is 16.0 Å². The lowest BCUT2D eigenvalue weighted by molar-refractivity contribution is -0.117. The van der Waals surface area contributed by atoms with Crippen molar-refractivity contribution in [3.05, 3.63) is 59.5 Å². The summed E-state index contributed by atoms with van der Waals surface area (Å²) in [6, 6.07) is 10.2. The van der Waals surface area contributed by atoms with Crippen LogP contribution in [0.5, 0.6) is 0 Å². The number of amides is 3. The van der Waals surface area contributed by atoms with E-state index in [2.05, 4.69) is 20.9 Å². The summed E-state index contributed by atoms with van der Waals surface area (Å²) in [5.41, 5.74) is 1.78. The second-order valence-electron chi connectivity index (χ2n) is 6.64. The van der Waals surface area contributed by atoms with E-state index in [4.69, 9.17) is 4.42 Å². The van der Waals surface area contributed by atoms with Gasteiger partial charge in [0.15, 0.2) is 10.9 Å². The average molecular weight is 410 g/mol. The van der Waals surface area contributed by atoms with E-state index in [1.165, 1.54) is 17.6 Å². The lowest BCUT2D eigenvalue weighted by atomic mass is 10.2. The number of hydrogen-bond acceptors (Lipinski definition) is 6. The molecular formula is C20H18N4O4S. The van der Waals surface area contributed by atoms with E-state index in [0.29, 0.717) is 22.2 Å². The van der Waals surface area contributed by atoms with Crippen LogP contribution in [-0.2, 0) is 16.0 Å². The number of nitrogens with zero attached hydrogens (tertiary/aromatic N) is 1. The van der Waals surface area contributed by atoms with Crippen LogP contribution in [0, 0.1) is 5.92 Å². The number of rotatable bonds is 7. The number of nitrogens with one attached hydrogen (secondary N) is 3. The molecule has 0 unspecified atom stereocenters. The number of furan rings is 1. The van der Waals surface area contributed by atoms with E-state index in [1.807, 2.05) is 0 Å². The van der Waals surface area contributed by atoms with Crippen LogP contribution >= 0.6 is 11.3 Å². The molecule has 1 fully saturated rings. The molecule has 0 aliphatic heterocycles. The highest BCUT2D eigenvalue weighted by Gasteiger charge is 2.29. The third-order valence-electron chi connectivity index (χ3n) is 4.22. The Balaban J connectivity index is 1.31. The molecule has 1 aliphatic rings. The van der Waals surface area contributed by atoms with E-state index in [-0.39, 0.29) is 29.9 Å². The second kappa shape index (κ2) is 8.27. The smallest absolute Gasteiger partial charge is 0.293 e. The van der Waals surface area contributed by atoms with Crippen molar-refractivity contribution in [1.29, 1.82) is 0 Å². The lowest BCUT2D eigenvalue weighted by Gasteiger charge is -2.08. The third-order valence-corrected chi connectivity index (χ3v) is 5.03. The zero-order chi connectivity index (χ0) is 20.2. The van der Waals surface area contributed by atoms with E-state index in [0.717, 1.165) is 12.8 Å². The molecule has 3 N–H and O–H groups in total. The van der Waals surface area contributed by atoms with Crippen molar-refractivity contribution >= 4 is 45.6 Å². The van der Waals surface area contributed by atoms with Gasteiger partial charge in [-0.15, -0.1) is 11.3 Å². The number of hydrogen-bond donors (Lipinski definition) is 3. The quantitative estimate of drug-likeness (QED) is 0.552. The molecule has 0 saturated heterocycles. The standard InChI is InChI=1S/C20H18N4O4S/c25-17(21-13-3-1-4-14(9-13)22-18(26)12-6-7-12)10-15-11-29-20(23-15)24-19(27)16-5-2-8-28-16/h1-5,8-9,11-12H,6-7,10H2,(H,21,25)(H,22,26)(H,23,24,27). The van der Waals surface area contributed by atoms with Crippen LogP contribution in [-0.4, -0.2) is 22.7 Å². The molecule has 3 aromatic rings. The van der Waals surface area contributed by atoms with E-state index in [1.54, 1.807) is 41.8 Å². The Bertz CT molecular complexity index is 1040. The Kier molecular flexibility index (Phi) is 5.39. The minimum Gasteiger partial charge on any atom is -0.459 e. The Morgan fingerprint density at radius 2 is 1.86 bits per heavy atom. The fourth-order valence-corrected chi connectivity index (χ4v) is 3.35. The van der Waals surface area contributed by atoms with Crippen molar-refractivity contribution in [2.45, 2.75) is 19.3 Å². The van der Waals surface area contributed by atoms with Crippen LogP contribution in [0.3, 0.4) is 0 Å². The molecule has 0 bridgehead atoms. The number of aromatic nitrogens is 1. The van der Waals surface area contributed by atoms with Crippen molar-refractivity contribution in [1.82, 2.24) is 4.98 Å². The minimum atomic E-state index is -0.398. The number of carbonyl (C=O) groups excluding carboxylic acids is 3. The first-order valence-electron chi connectivity index (χ1n) is 9.07. The van der Waals surface area contributed by atoms with Gasteiger partial charge in [-0.25, -0.2) is 4.98 Å². The Hall–Kier alpha value is -3.46. The maximum Gasteiger partial charge on any atom is 0.293 e. The molecule has 0 radical (unpaired) electrons. The van der Waals surface area contributed by atoms with Gasteiger partial charge < -0.3 is 15.1 Å². The molecule has 29 heavy (non-hydrogen) atoms. The molecule has 1 aliphatic carbocycles. The summed E-state index contributed by atoms with van der Waals surface area (Å²) >= 11 is 1.23. The fraction of sp³-hybridized carbons (Fsp3) is 0.200. The van der Waals surface area contributed by atoms with Gasteiger partial charge in [-0.1, -0.05) is 6.07 Å². The summed E-state index contributed by atoms with van der Waals surface area (Å²) in [5, 5.41) is 10.4. The summed E-state index contributed by atoms with van der Waals surface area (Å²) in [6.45, 7) is 0. The lowest BCUT2D eigenvalue weighted by Crippen LogP contribution is -2.16. The van der Waals surface area contributed by atoms with Crippen molar-refractivity contribution in [3.8, 4) is 0 Å². The maximum absolute atomic E-state index is 12.3. The number of thiazole rings is 1. The largest absolute Gasteiger partial charge is 0.459 e. The minimum absolute atomic E-state index is 0.0140. The molecule has 3 amide bonds. The van der Waals surface area contributed by atoms with Gasteiger partial charge in [0, 0.05) is 22.7 Å². The van der Waals surface area contributed by atoms with Crippen LogP contribution in [0.4, 0.5) is 16.5 Å². The Labute approximate surface area is 170 Å². The van der Waals surface area contributed by atoms with Crippen molar-refractivity contribution < 1.29 is 18.8 Å². The van der Waals surface area contributed by atoms with Crippen molar-refractivity contribution in [3.63, 3.8) is 0 Å². The van der Waals surface area contributed by atoms with Gasteiger partial charge in [0.1, 0.15) is 0 Å². The van der Waals surface area contributed by atoms with Crippen LogP contribution < -0.4 is 16.0 Å². The molecule has 2 heterocycles. The summed E-state index contributed by atoms with van der Waals surface area (Å²) in [5.74, 6) is -0.330. The summed E-state index contributed by atoms with van der Waals surface area (Å²) in [4.78, 5) is 40.4. The second-order valence-corrected chi connectivity index (χ2v) is 7.50. The van der Waals surface area contributed by atoms with E-state index in [9.17, 15) is 14.4 Å². The predicted octanol–water partition coefficient (Wildman–Crippen LogP) is 3.52. The van der Waals surface area contributed by atoms with Gasteiger partial charge in [0.25, 0.3) is 5.91 Å². The molecule has 0 spiro atoms. The van der Waals surface area contributed by atoms with Gasteiger partial charge in [0.2, 0.25) is 11.8 Å². The highest BCUT2D eigenvalue weighted by molar-refractivity contribution is 7.14. The summed E-state index contributed by atoms with van der Waals surface area (Å²) < 4.78 is 5.03. The molecule has 8 nitrogen and oxygen atoms in total. The Morgan fingerprint density at radius 3 is 2.59 bits per heavy atom. The molecule has 1 saturated carbocycles. The number of carbonyl (C=O) groups is 3. The van der Waals surface area contributed by atoms with Gasteiger partial charge in [0.05, 0.1) is 18.4 Å². The molecule has 0 atom stereocenters. The van der Waals surface area contributed by atoms with Gasteiger partial charge in [-0.3, -0.25) is 19.7 Å². The van der Waals surface area contributed by atoms with E-state index >= 15 is 0 Å². The summed E-state index contributed by atoms with van der Waals surface area (Å²) in [6.07, 6.45) is 3.34. The van der Waals surface area contributed by atoms with E-state index < -0.39 is 5.91 Å². The Morgan fingerprint density at radius 1 is 1.07 bits per heavy atom. The number of anilines is 3. The first kappa shape index (κ1) is 18.9. The maximum atomic E-state index is 12.3. The molecule has 9 heteroatoms. The van der Waals surface area contributed by atoms with Gasteiger partial charge >= 0.3 is 0 Å². The molecular weight excluding hydrogens is 392 g/mol. The number of benzene rings is 1. The van der Waals surface area contributed by atoms with Crippen LogP contribution in [0.15, 0.2) is 52.5 Å². The molecule has 1 aromatic carbocycles. The third kappa shape index (κ3) is 5.08. The molecule has 2 aromatic heterocycles. The van der Waals surface area contributed by atoms with Crippen LogP contribution in [0.25, 0.3) is 0 Å². The first-order chi connectivity index (χ1) is 14.1. The van der Waals surface area contributed by atoms with Crippen LogP contribution in [0.2, 0.25) is 0 Å². The highest BCUT2D eigenvalue weighted by Crippen LogP contribution is 2.30. The highest BCUT2D eigenvalue weighted by atomic mass is 32.1. The average Bonchev–Trinajstić information content (AvgIpc) is 3.22.